The van der Waals surface area contributed by atoms with Gasteiger partial charge < -0.3 is 15.4 Å². The second-order valence-corrected chi connectivity index (χ2v) is 7.49. The maximum absolute atomic E-state index is 13.0. The fourth-order valence-corrected chi connectivity index (χ4v) is 3.20. The lowest BCUT2D eigenvalue weighted by atomic mass is 10.2. The van der Waals surface area contributed by atoms with Gasteiger partial charge in [0.15, 0.2) is 0 Å². The molecule has 0 saturated heterocycles. The van der Waals surface area contributed by atoms with Gasteiger partial charge in [0.05, 0.1) is 4.92 Å². The van der Waals surface area contributed by atoms with E-state index in [1.54, 1.807) is 24.3 Å². The number of benzene rings is 3. The molecule has 0 aromatic heterocycles. The van der Waals surface area contributed by atoms with Gasteiger partial charge in [0, 0.05) is 47.5 Å². The maximum atomic E-state index is 13.0. The van der Waals surface area contributed by atoms with Crippen LogP contribution >= 0.6 is 28.3 Å². The Morgan fingerprint density at radius 1 is 1.00 bits per heavy atom. The maximum Gasteiger partial charge on any atom is 0.269 e. The zero-order chi connectivity index (χ0) is 21.3. The van der Waals surface area contributed by atoms with Gasteiger partial charge in [-0.2, -0.15) is 0 Å². The third kappa shape index (κ3) is 7.82. The molecule has 3 rings (SSSR count). The summed E-state index contributed by atoms with van der Waals surface area (Å²) < 4.78 is 19.9. The first-order valence-electron chi connectivity index (χ1n) is 9.36. The van der Waals surface area contributed by atoms with Gasteiger partial charge in [-0.25, -0.2) is 4.39 Å². The van der Waals surface area contributed by atoms with Crippen LogP contribution in [0.5, 0.6) is 5.75 Å². The van der Waals surface area contributed by atoms with Crippen molar-refractivity contribution in [3.63, 3.8) is 0 Å². The summed E-state index contributed by atoms with van der Waals surface area (Å²) in [6.07, 6.45) is 0. The van der Waals surface area contributed by atoms with Crippen LogP contribution in [0.3, 0.4) is 0 Å². The fourth-order valence-electron chi connectivity index (χ4n) is 2.79. The van der Waals surface area contributed by atoms with Crippen LogP contribution in [0.4, 0.5) is 15.8 Å². The van der Waals surface area contributed by atoms with E-state index in [1.807, 2.05) is 18.2 Å². The number of nitrogens with one attached hydrogen (secondary N) is 2. The number of anilines is 1. The van der Waals surface area contributed by atoms with Crippen molar-refractivity contribution in [2.24, 2.45) is 0 Å². The number of nitrogens with zero attached hydrogens (tertiary/aromatic N) is 1. The van der Waals surface area contributed by atoms with Crippen molar-refractivity contribution in [1.82, 2.24) is 5.32 Å². The van der Waals surface area contributed by atoms with E-state index < -0.39 is 4.92 Å². The second kappa shape index (κ2) is 12.2. The number of ether oxygens (including phenoxy) is 1. The summed E-state index contributed by atoms with van der Waals surface area (Å²) in [5, 5.41) is 17.3. The summed E-state index contributed by atoms with van der Waals surface area (Å²) >= 11 is 3.48. The first-order chi connectivity index (χ1) is 14.5. The van der Waals surface area contributed by atoms with Gasteiger partial charge in [-0.3, -0.25) is 10.1 Å². The highest BCUT2D eigenvalue weighted by molar-refractivity contribution is 9.10. The van der Waals surface area contributed by atoms with Crippen LogP contribution in [0, 0.1) is 15.9 Å². The van der Waals surface area contributed by atoms with Gasteiger partial charge in [0.25, 0.3) is 5.69 Å². The predicted octanol–water partition coefficient (Wildman–Crippen LogP) is 5.70. The molecule has 31 heavy (non-hydrogen) atoms. The third-order valence-corrected chi connectivity index (χ3v) is 4.85. The van der Waals surface area contributed by atoms with Crippen molar-refractivity contribution in [1.29, 1.82) is 0 Å². The molecule has 0 radical (unpaired) electrons. The summed E-state index contributed by atoms with van der Waals surface area (Å²) in [6.45, 7) is 2.33. The molecule has 0 spiro atoms. The molecular formula is C22H22BrClFN3O3. The van der Waals surface area contributed by atoms with Crippen LogP contribution in [0.2, 0.25) is 0 Å². The Balaban J connectivity index is 0.00000341. The summed E-state index contributed by atoms with van der Waals surface area (Å²) in [4.78, 5) is 10.3. The lowest BCUT2D eigenvalue weighted by Gasteiger charge is -2.13. The zero-order valence-corrected chi connectivity index (χ0v) is 18.9. The van der Waals surface area contributed by atoms with Crippen LogP contribution in [0.1, 0.15) is 11.1 Å². The molecule has 164 valence electrons. The zero-order valence-electron chi connectivity index (χ0n) is 16.5. The third-order valence-electron chi connectivity index (χ3n) is 4.35. The van der Waals surface area contributed by atoms with E-state index in [1.165, 1.54) is 24.3 Å². The van der Waals surface area contributed by atoms with Crippen molar-refractivity contribution in [3.8, 4) is 5.75 Å². The molecule has 9 heteroatoms. The molecule has 0 heterocycles. The summed E-state index contributed by atoms with van der Waals surface area (Å²) in [6, 6.07) is 18.4. The Morgan fingerprint density at radius 3 is 2.39 bits per heavy atom. The molecule has 0 amide bonds. The molecule has 0 saturated carbocycles. The van der Waals surface area contributed by atoms with Crippen LogP contribution in [-0.4, -0.2) is 18.0 Å². The predicted molar refractivity (Wildman–Crippen MR) is 125 cm³/mol. The van der Waals surface area contributed by atoms with Crippen molar-refractivity contribution in [2.75, 3.05) is 18.4 Å². The van der Waals surface area contributed by atoms with E-state index in [0.717, 1.165) is 27.0 Å². The summed E-state index contributed by atoms with van der Waals surface area (Å²) in [7, 11) is 0. The first-order valence-corrected chi connectivity index (χ1v) is 10.2. The lowest BCUT2D eigenvalue weighted by molar-refractivity contribution is -0.384. The number of nitro benzene ring substituents is 1. The molecule has 6 nitrogen and oxygen atoms in total. The average molecular weight is 511 g/mol. The number of hydrogen-bond acceptors (Lipinski definition) is 5. The molecule has 2 N–H and O–H groups in total. The van der Waals surface area contributed by atoms with E-state index in [0.29, 0.717) is 26.2 Å². The molecule has 0 atom stereocenters. The van der Waals surface area contributed by atoms with E-state index in [9.17, 15) is 14.5 Å². The highest BCUT2D eigenvalue weighted by atomic mass is 79.9. The van der Waals surface area contributed by atoms with Crippen molar-refractivity contribution < 1.29 is 14.1 Å². The van der Waals surface area contributed by atoms with Crippen LogP contribution in [0.15, 0.2) is 71.2 Å². The minimum Gasteiger partial charge on any atom is -0.489 e. The van der Waals surface area contributed by atoms with Crippen LogP contribution in [-0.2, 0) is 13.2 Å². The van der Waals surface area contributed by atoms with E-state index in [2.05, 4.69) is 26.6 Å². The molecule has 0 aliphatic carbocycles. The lowest BCUT2D eigenvalue weighted by Crippen LogP contribution is -2.22. The van der Waals surface area contributed by atoms with E-state index in [-0.39, 0.29) is 23.9 Å². The minimum absolute atomic E-state index is 0. The van der Waals surface area contributed by atoms with Crippen molar-refractivity contribution >= 4 is 39.7 Å². The molecule has 0 fully saturated rings. The number of nitro groups is 1. The standard InChI is InChI=1S/C22H21BrFN3O3.ClH/c23-18-3-10-22(30-15-16-1-4-19(24)5-2-16)17(13-18)14-25-11-12-26-20-6-8-21(9-7-20)27(28)29;/h1-10,13,25-26H,11-12,14-15H2;1H. The molecule has 3 aromatic rings. The number of non-ortho nitro benzene ring substituents is 1. The Bertz CT molecular complexity index is 988. The topological polar surface area (TPSA) is 76.4 Å². The summed E-state index contributed by atoms with van der Waals surface area (Å²) in [5.74, 6) is 0.493. The average Bonchev–Trinajstić information content (AvgIpc) is 2.74. The highest BCUT2D eigenvalue weighted by Crippen LogP contribution is 2.24. The van der Waals surface area contributed by atoms with Gasteiger partial charge in [-0.15, -0.1) is 12.4 Å². The van der Waals surface area contributed by atoms with Crippen LogP contribution < -0.4 is 15.4 Å². The van der Waals surface area contributed by atoms with Crippen LogP contribution in [0.25, 0.3) is 0 Å². The smallest absolute Gasteiger partial charge is 0.269 e. The largest absolute Gasteiger partial charge is 0.489 e. The van der Waals surface area contributed by atoms with Gasteiger partial charge in [-0.05, 0) is 48.0 Å². The second-order valence-electron chi connectivity index (χ2n) is 6.57. The Labute approximate surface area is 194 Å². The van der Waals surface area contributed by atoms with Crippen molar-refractivity contribution in [2.45, 2.75) is 13.2 Å². The summed E-state index contributed by atoms with van der Waals surface area (Å²) in [5.41, 5.74) is 2.79. The quantitative estimate of drug-likeness (QED) is 0.208. The minimum atomic E-state index is -0.418. The van der Waals surface area contributed by atoms with Gasteiger partial charge in [-0.1, -0.05) is 28.1 Å². The molecular weight excluding hydrogens is 489 g/mol. The molecule has 0 aliphatic rings. The number of hydrogen-bond donors (Lipinski definition) is 2. The van der Waals surface area contributed by atoms with E-state index >= 15 is 0 Å². The van der Waals surface area contributed by atoms with Crippen molar-refractivity contribution in [3.05, 3.63) is 98.3 Å². The van der Waals surface area contributed by atoms with Gasteiger partial charge in [0.1, 0.15) is 18.2 Å². The monoisotopic (exact) mass is 509 g/mol. The number of halogens is 3. The normalized spacial score (nSPS) is 10.3. The Morgan fingerprint density at radius 2 is 1.71 bits per heavy atom. The molecule has 0 unspecified atom stereocenters. The fraction of sp³-hybridized carbons (Fsp3) is 0.182. The molecule has 0 bridgehead atoms. The molecule has 0 aliphatic heterocycles. The highest BCUT2D eigenvalue weighted by Gasteiger charge is 2.06. The SMILES string of the molecule is Cl.O=[N+]([O-])c1ccc(NCCNCc2cc(Br)ccc2OCc2ccc(F)cc2)cc1. The van der Waals surface area contributed by atoms with Gasteiger partial charge >= 0.3 is 0 Å². The van der Waals surface area contributed by atoms with E-state index in [4.69, 9.17) is 4.74 Å². The Hall–Kier alpha value is -2.68. The first kappa shape index (κ1) is 24.6. The number of rotatable bonds is 10. The molecule has 3 aromatic carbocycles. The van der Waals surface area contributed by atoms with Gasteiger partial charge in [0.2, 0.25) is 0 Å². The Kier molecular flexibility index (Phi) is 9.71.